The van der Waals surface area contributed by atoms with Crippen molar-refractivity contribution in [2.45, 2.75) is 0 Å². The zero-order valence-corrected chi connectivity index (χ0v) is 6.77. The first kappa shape index (κ1) is 6.60. The molecule has 0 aromatic carbocycles. The monoisotopic (exact) mass is 170 g/mol. The van der Waals surface area contributed by atoms with Crippen molar-refractivity contribution in [3.8, 4) is 0 Å². The summed E-state index contributed by atoms with van der Waals surface area (Å²) < 4.78 is 5.55. The van der Waals surface area contributed by atoms with Crippen LogP contribution in [0.4, 0.5) is 0 Å². The fraction of sp³-hybridized carbons (Fsp3) is 0. The van der Waals surface area contributed by atoms with E-state index in [9.17, 15) is 0 Å². The number of aromatic nitrogens is 2. The molecule has 0 spiro atoms. The lowest BCUT2D eigenvalue weighted by Gasteiger charge is -1.84. The van der Waals surface area contributed by atoms with E-state index in [-0.39, 0.29) is 0 Å². The maximum Gasteiger partial charge on any atom is 0.153 e. The van der Waals surface area contributed by atoms with Crippen molar-refractivity contribution in [2.24, 2.45) is 0 Å². The molecule has 3 rings (SSSR count). The highest BCUT2D eigenvalue weighted by atomic mass is 16.3. The van der Waals surface area contributed by atoms with Crippen molar-refractivity contribution in [3.05, 3.63) is 36.8 Å². The third-order valence-corrected chi connectivity index (χ3v) is 2.03. The smallest absolute Gasteiger partial charge is 0.153 e. The Balaban J connectivity index is 2.64. The van der Waals surface area contributed by atoms with Crippen LogP contribution in [0, 0.1) is 0 Å². The topological polar surface area (TPSA) is 38.9 Å². The van der Waals surface area contributed by atoms with E-state index in [0.29, 0.717) is 0 Å². The standard InChI is InChI=1S/C10H6N2O/c1-2-9-10(12-4-1)7-6-11-5-3-8(7)13-9/h1-6H. The van der Waals surface area contributed by atoms with Gasteiger partial charge in [0.15, 0.2) is 5.58 Å². The molecule has 0 bridgehead atoms. The molecule has 0 atom stereocenters. The predicted molar refractivity (Wildman–Crippen MR) is 49.3 cm³/mol. The Hall–Kier alpha value is -1.90. The van der Waals surface area contributed by atoms with Gasteiger partial charge in [-0.15, -0.1) is 0 Å². The van der Waals surface area contributed by atoms with Crippen molar-refractivity contribution in [2.75, 3.05) is 0 Å². The number of furan rings is 1. The van der Waals surface area contributed by atoms with Gasteiger partial charge in [0.25, 0.3) is 0 Å². The number of hydrogen-bond acceptors (Lipinski definition) is 3. The van der Waals surface area contributed by atoms with Gasteiger partial charge in [0, 0.05) is 18.6 Å². The number of fused-ring (bicyclic) bond motifs is 3. The highest BCUT2D eigenvalue weighted by Crippen LogP contribution is 2.24. The molecule has 0 saturated heterocycles. The third-order valence-electron chi connectivity index (χ3n) is 2.03. The van der Waals surface area contributed by atoms with Gasteiger partial charge in [-0.3, -0.25) is 9.97 Å². The van der Waals surface area contributed by atoms with Gasteiger partial charge in [0.05, 0.1) is 5.39 Å². The molecule has 0 saturated carbocycles. The summed E-state index contributed by atoms with van der Waals surface area (Å²) in [5.41, 5.74) is 2.53. The average molecular weight is 170 g/mol. The summed E-state index contributed by atoms with van der Waals surface area (Å²) in [6.07, 6.45) is 5.24. The van der Waals surface area contributed by atoms with Gasteiger partial charge in [-0.2, -0.15) is 0 Å². The number of rotatable bonds is 0. The van der Waals surface area contributed by atoms with E-state index >= 15 is 0 Å². The van der Waals surface area contributed by atoms with Gasteiger partial charge in [-0.25, -0.2) is 0 Å². The minimum Gasteiger partial charge on any atom is -0.454 e. The quantitative estimate of drug-likeness (QED) is 0.520. The minimum absolute atomic E-state index is 0.811. The second kappa shape index (κ2) is 2.29. The molecular weight excluding hydrogens is 164 g/mol. The fourth-order valence-electron chi connectivity index (χ4n) is 1.44. The Morgan fingerprint density at radius 3 is 3.08 bits per heavy atom. The first-order chi connectivity index (χ1) is 6.45. The molecule has 3 aromatic rings. The largest absolute Gasteiger partial charge is 0.454 e. The van der Waals surface area contributed by atoms with Crippen LogP contribution in [-0.2, 0) is 0 Å². The Morgan fingerprint density at radius 2 is 2.08 bits per heavy atom. The maximum absolute atomic E-state index is 5.55. The van der Waals surface area contributed by atoms with Gasteiger partial charge < -0.3 is 4.42 Å². The maximum atomic E-state index is 5.55. The van der Waals surface area contributed by atoms with Crippen LogP contribution in [-0.4, -0.2) is 9.97 Å². The lowest BCUT2D eigenvalue weighted by molar-refractivity contribution is 0.667. The third kappa shape index (κ3) is 0.839. The Morgan fingerprint density at radius 1 is 1.08 bits per heavy atom. The van der Waals surface area contributed by atoms with E-state index in [0.717, 1.165) is 22.1 Å². The van der Waals surface area contributed by atoms with Crippen LogP contribution in [0.15, 0.2) is 41.2 Å². The number of pyridine rings is 2. The second-order valence-electron chi connectivity index (χ2n) is 2.82. The van der Waals surface area contributed by atoms with E-state index < -0.39 is 0 Å². The van der Waals surface area contributed by atoms with E-state index in [4.69, 9.17) is 4.42 Å². The van der Waals surface area contributed by atoms with Crippen LogP contribution in [0.25, 0.3) is 22.1 Å². The van der Waals surface area contributed by atoms with Crippen molar-refractivity contribution in [1.29, 1.82) is 0 Å². The van der Waals surface area contributed by atoms with Gasteiger partial charge in [0.2, 0.25) is 0 Å². The Kier molecular flexibility index (Phi) is 1.16. The fourth-order valence-corrected chi connectivity index (χ4v) is 1.44. The van der Waals surface area contributed by atoms with Crippen LogP contribution in [0.1, 0.15) is 0 Å². The van der Waals surface area contributed by atoms with Crippen LogP contribution in [0.2, 0.25) is 0 Å². The van der Waals surface area contributed by atoms with Crippen molar-refractivity contribution >= 4 is 22.1 Å². The first-order valence-electron chi connectivity index (χ1n) is 4.02. The lowest BCUT2D eigenvalue weighted by Crippen LogP contribution is -1.72. The molecule has 0 aliphatic rings. The number of hydrogen-bond donors (Lipinski definition) is 0. The summed E-state index contributed by atoms with van der Waals surface area (Å²) in [4.78, 5) is 8.27. The highest BCUT2D eigenvalue weighted by molar-refractivity contribution is 6.01. The van der Waals surface area contributed by atoms with Crippen LogP contribution >= 0.6 is 0 Å². The van der Waals surface area contributed by atoms with E-state index in [2.05, 4.69) is 9.97 Å². The Labute approximate surface area is 74.0 Å². The molecule has 0 fully saturated rings. The molecule has 0 aliphatic carbocycles. The van der Waals surface area contributed by atoms with E-state index in [1.807, 2.05) is 18.2 Å². The summed E-state index contributed by atoms with van der Waals surface area (Å²) in [5, 5.41) is 0.970. The molecule has 0 aliphatic heterocycles. The second-order valence-corrected chi connectivity index (χ2v) is 2.82. The highest BCUT2D eigenvalue weighted by Gasteiger charge is 2.05. The molecule has 13 heavy (non-hydrogen) atoms. The minimum atomic E-state index is 0.811. The van der Waals surface area contributed by atoms with Crippen molar-refractivity contribution in [3.63, 3.8) is 0 Å². The molecule has 0 amide bonds. The molecule has 3 heteroatoms. The summed E-state index contributed by atoms with van der Waals surface area (Å²) in [6, 6.07) is 5.61. The average Bonchev–Trinajstić information content (AvgIpc) is 2.56. The Bertz CT molecular complexity index is 521. The molecule has 3 nitrogen and oxygen atoms in total. The van der Waals surface area contributed by atoms with Crippen molar-refractivity contribution in [1.82, 2.24) is 9.97 Å². The lowest BCUT2D eigenvalue weighted by atomic mass is 10.3. The van der Waals surface area contributed by atoms with Crippen molar-refractivity contribution < 1.29 is 4.42 Å². The molecule has 0 radical (unpaired) electrons. The number of nitrogens with zero attached hydrogens (tertiary/aromatic N) is 2. The van der Waals surface area contributed by atoms with Gasteiger partial charge in [-0.05, 0) is 18.2 Å². The SMILES string of the molecule is c1cnc2c(c1)oc1ccncc12. The van der Waals surface area contributed by atoms with Crippen LogP contribution < -0.4 is 0 Å². The van der Waals surface area contributed by atoms with E-state index in [1.165, 1.54) is 0 Å². The summed E-state index contributed by atoms with van der Waals surface area (Å²) in [5.74, 6) is 0. The summed E-state index contributed by atoms with van der Waals surface area (Å²) >= 11 is 0. The molecule has 62 valence electrons. The van der Waals surface area contributed by atoms with Crippen LogP contribution in [0.5, 0.6) is 0 Å². The molecular formula is C10H6N2O. The predicted octanol–water partition coefficient (Wildman–Crippen LogP) is 2.38. The zero-order valence-electron chi connectivity index (χ0n) is 6.77. The molecule has 3 aromatic heterocycles. The summed E-state index contributed by atoms with van der Waals surface area (Å²) in [7, 11) is 0. The molecule has 0 N–H and O–H groups in total. The zero-order chi connectivity index (χ0) is 8.67. The van der Waals surface area contributed by atoms with E-state index in [1.54, 1.807) is 18.6 Å². The first-order valence-corrected chi connectivity index (χ1v) is 4.02. The van der Waals surface area contributed by atoms with Gasteiger partial charge >= 0.3 is 0 Å². The summed E-state index contributed by atoms with van der Waals surface area (Å²) in [6.45, 7) is 0. The van der Waals surface area contributed by atoms with Crippen LogP contribution in [0.3, 0.4) is 0 Å². The van der Waals surface area contributed by atoms with Gasteiger partial charge in [0.1, 0.15) is 11.1 Å². The van der Waals surface area contributed by atoms with Gasteiger partial charge in [-0.1, -0.05) is 0 Å². The molecule has 0 unspecified atom stereocenters. The molecule has 3 heterocycles. The normalized spacial score (nSPS) is 11.1.